The molecule has 0 amide bonds. The highest BCUT2D eigenvalue weighted by Gasteiger charge is 2.22. The Labute approximate surface area is 111 Å². The topological polar surface area (TPSA) is 35.5 Å². The number of rotatable bonds is 3. The molecule has 2 rings (SSSR count). The third-order valence-electron chi connectivity index (χ3n) is 3.18. The SMILES string of the molecule is CNC1CCN(Cc2cc(Cl)cc(Cl)c2O)C1. The molecule has 1 unspecified atom stereocenters. The second-order valence-electron chi connectivity index (χ2n) is 4.40. The molecule has 0 saturated carbocycles. The van der Waals surface area contributed by atoms with Gasteiger partial charge in [0.1, 0.15) is 5.75 Å². The molecular formula is C12H16Cl2N2O. The van der Waals surface area contributed by atoms with Crippen molar-refractivity contribution in [3.05, 3.63) is 27.7 Å². The van der Waals surface area contributed by atoms with Crippen LogP contribution in [0.1, 0.15) is 12.0 Å². The van der Waals surface area contributed by atoms with Crippen LogP contribution in [0.5, 0.6) is 5.75 Å². The van der Waals surface area contributed by atoms with Gasteiger partial charge < -0.3 is 10.4 Å². The molecule has 0 spiro atoms. The fourth-order valence-electron chi connectivity index (χ4n) is 2.19. The molecule has 0 aliphatic carbocycles. The largest absolute Gasteiger partial charge is 0.506 e. The second-order valence-corrected chi connectivity index (χ2v) is 5.25. The Kier molecular flexibility index (Phi) is 4.15. The Morgan fingerprint density at radius 2 is 2.24 bits per heavy atom. The normalized spacial score (nSPS) is 21.0. The van der Waals surface area contributed by atoms with Crippen LogP contribution in [0.15, 0.2) is 12.1 Å². The number of aromatic hydroxyl groups is 1. The Balaban J connectivity index is 2.09. The van der Waals surface area contributed by atoms with E-state index in [0.717, 1.165) is 25.1 Å². The monoisotopic (exact) mass is 274 g/mol. The number of phenolic OH excluding ortho intramolecular Hbond substituents is 1. The lowest BCUT2D eigenvalue weighted by Crippen LogP contribution is -2.29. The zero-order valence-corrected chi connectivity index (χ0v) is 11.2. The maximum atomic E-state index is 9.87. The summed E-state index contributed by atoms with van der Waals surface area (Å²) in [4.78, 5) is 2.28. The van der Waals surface area contributed by atoms with Crippen LogP contribution in [0.25, 0.3) is 0 Å². The van der Waals surface area contributed by atoms with E-state index in [1.807, 2.05) is 7.05 Å². The number of likely N-dealkylation sites (N-methyl/N-ethyl adjacent to an activating group) is 1. The fourth-order valence-corrected chi connectivity index (χ4v) is 2.73. The summed E-state index contributed by atoms with van der Waals surface area (Å²) in [6.45, 7) is 2.69. The van der Waals surface area contributed by atoms with Gasteiger partial charge >= 0.3 is 0 Å². The van der Waals surface area contributed by atoms with Gasteiger partial charge in [0.15, 0.2) is 0 Å². The van der Waals surface area contributed by atoms with Gasteiger partial charge in [-0.2, -0.15) is 0 Å². The first-order valence-electron chi connectivity index (χ1n) is 5.66. The average molecular weight is 275 g/mol. The number of hydrogen-bond donors (Lipinski definition) is 2. The molecule has 17 heavy (non-hydrogen) atoms. The van der Waals surface area contributed by atoms with Crippen LogP contribution in [0.3, 0.4) is 0 Å². The Bertz CT molecular complexity index is 412. The van der Waals surface area contributed by atoms with Gasteiger partial charge in [-0.3, -0.25) is 4.90 Å². The van der Waals surface area contributed by atoms with E-state index < -0.39 is 0 Å². The summed E-state index contributed by atoms with van der Waals surface area (Å²) >= 11 is 11.8. The number of likely N-dealkylation sites (tertiary alicyclic amines) is 1. The van der Waals surface area contributed by atoms with Crippen molar-refractivity contribution in [2.24, 2.45) is 0 Å². The fraction of sp³-hybridized carbons (Fsp3) is 0.500. The zero-order chi connectivity index (χ0) is 12.4. The third-order valence-corrected chi connectivity index (χ3v) is 3.69. The van der Waals surface area contributed by atoms with Crippen LogP contribution >= 0.6 is 23.2 Å². The number of halogens is 2. The minimum atomic E-state index is 0.143. The van der Waals surface area contributed by atoms with E-state index in [2.05, 4.69) is 10.2 Å². The van der Waals surface area contributed by atoms with Gasteiger partial charge in [0.2, 0.25) is 0 Å². The predicted octanol–water partition coefficient (Wildman–Crippen LogP) is 2.49. The molecule has 1 saturated heterocycles. The maximum Gasteiger partial charge on any atom is 0.138 e. The van der Waals surface area contributed by atoms with Crippen LogP contribution in [0.2, 0.25) is 10.0 Å². The van der Waals surface area contributed by atoms with Crippen molar-refractivity contribution in [1.29, 1.82) is 0 Å². The van der Waals surface area contributed by atoms with E-state index in [1.165, 1.54) is 0 Å². The number of nitrogens with zero attached hydrogens (tertiary/aromatic N) is 1. The van der Waals surface area contributed by atoms with Crippen molar-refractivity contribution < 1.29 is 5.11 Å². The molecule has 0 aromatic heterocycles. The Morgan fingerprint density at radius 3 is 2.88 bits per heavy atom. The van der Waals surface area contributed by atoms with Crippen molar-refractivity contribution in [2.75, 3.05) is 20.1 Å². The molecule has 1 atom stereocenters. The molecule has 94 valence electrons. The van der Waals surface area contributed by atoms with Crippen molar-refractivity contribution >= 4 is 23.2 Å². The molecule has 1 heterocycles. The maximum absolute atomic E-state index is 9.87. The van der Waals surface area contributed by atoms with Gasteiger partial charge in [-0.1, -0.05) is 23.2 Å². The number of phenols is 1. The molecular weight excluding hydrogens is 259 g/mol. The van der Waals surface area contributed by atoms with E-state index >= 15 is 0 Å². The van der Waals surface area contributed by atoms with Crippen LogP contribution < -0.4 is 5.32 Å². The number of hydrogen-bond acceptors (Lipinski definition) is 3. The van der Waals surface area contributed by atoms with Gasteiger partial charge in [-0.15, -0.1) is 0 Å². The molecule has 0 radical (unpaired) electrons. The summed E-state index contributed by atoms with van der Waals surface area (Å²) in [5, 5.41) is 14.0. The summed E-state index contributed by atoms with van der Waals surface area (Å²) in [6, 6.07) is 3.87. The van der Waals surface area contributed by atoms with Crippen LogP contribution in [0.4, 0.5) is 0 Å². The molecule has 1 aliphatic heterocycles. The summed E-state index contributed by atoms with van der Waals surface area (Å²) in [7, 11) is 1.97. The van der Waals surface area contributed by atoms with Gasteiger partial charge in [0.05, 0.1) is 5.02 Å². The molecule has 1 fully saturated rings. The Morgan fingerprint density at radius 1 is 1.47 bits per heavy atom. The average Bonchev–Trinajstić information content (AvgIpc) is 2.73. The van der Waals surface area contributed by atoms with E-state index in [-0.39, 0.29) is 5.75 Å². The van der Waals surface area contributed by atoms with E-state index in [9.17, 15) is 5.11 Å². The van der Waals surface area contributed by atoms with E-state index in [4.69, 9.17) is 23.2 Å². The Hall–Kier alpha value is -0.480. The highest BCUT2D eigenvalue weighted by molar-refractivity contribution is 6.35. The first-order chi connectivity index (χ1) is 8.10. The first kappa shape index (κ1) is 13.0. The number of benzene rings is 1. The van der Waals surface area contributed by atoms with Crippen molar-refractivity contribution in [3.63, 3.8) is 0 Å². The van der Waals surface area contributed by atoms with E-state index in [1.54, 1.807) is 12.1 Å². The minimum absolute atomic E-state index is 0.143. The third kappa shape index (κ3) is 3.05. The molecule has 1 aromatic rings. The lowest BCUT2D eigenvalue weighted by atomic mass is 10.2. The highest BCUT2D eigenvalue weighted by atomic mass is 35.5. The van der Waals surface area contributed by atoms with Gasteiger partial charge in [0, 0.05) is 36.3 Å². The lowest BCUT2D eigenvalue weighted by Gasteiger charge is -2.17. The highest BCUT2D eigenvalue weighted by Crippen LogP contribution is 2.32. The predicted molar refractivity (Wildman–Crippen MR) is 70.9 cm³/mol. The summed E-state index contributed by atoms with van der Waals surface area (Å²) in [5.74, 6) is 0.143. The zero-order valence-electron chi connectivity index (χ0n) is 9.71. The van der Waals surface area contributed by atoms with Gasteiger partial charge in [-0.05, 0) is 25.6 Å². The van der Waals surface area contributed by atoms with E-state index in [0.29, 0.717) is 22.6 Å². The summed E-state index contributed by atoms with van der Waals surface area (Å²) in [5.41, 5.74) is 0.791. The summed E-state index contributed by atoms with van der Waals surface area (Å²) < 4.78 is 0. The number of nitrogens with one attached hydrogen (secondary N) is 1. The smallest absolute Gasteiger partial charge is 0.138 e. The molecule has 1 aliphatic rings. The molecule has 5 heteroatoms. The second kappa shape index (κ2) is 5.44. The molecule has 1 aromatic carbocycles. The quantitative estimate of drug-likeness (QED) is 0.889. The minimum Gasteiger partial charge on any atom is -0.506 e. The lowest BCUT2D eigenvalue weighted by molar-refractivity contribution is 0.316. The van der Waals surface area contributed by atoms with Crippen LogP contribution in [0, 0.1) is 0 Å². The van der Waals surface area contributed by atoms with Gasteiger partial charge in [0.25, 0.3) is 0 Å². The molecule has 2 N–H and O–H groups in total. The first-order valence-corrected chi connectivity index (χ1v) is 6.42. The van der Waals surface area contributed by atoms with Crippen LogP contribution in [-0.2, 0) is 6.54 Å². The van der Waals surface area contributed by atoms with Crippen molar-refractivity contribution in [3.8, 4) is 5.75 Å². The van der Waals surface area contributed by atoms with Gasteiger partial charge in [-0.25, -0.2) is 0 Å². The van der Waals surface area contributed by atoms with Crippen molar-refractivity contribution in [1.82, 2.24) is 10.2 Å². The standard InChI is InChI=1S/C12H16Cl2N2O/c1-15-10-2-3-16(7-10)6-8-4-9(13)5-11(14)12(8)17/h4-5,10,15,17H,2-3,6-7H2,1H3. The van der Waals surface area contributed by atoms with Crippen LogP contribution in [-0.4, -0.2) is 36.2 Å². The summed E-state index contributed by atoms with van der Waals surface area (Å²) in [6.07, 6.45) is 1.13. The van der Waals surface area contributed by atoms with Crippen molar-refractivity contribution in [2.45, 2.75) is 19.0 Å². The molecule has 3 nitrogen and oxygen atoms in total. The molecule has 0 bridgehead atoms.